The monoisotopic (exact) mass is 241 g/mol. The lowest BCUT2D eigenvalue weighted by Gasteiger charge is -2.05. The molecule has 1 rings (SSSR count). The Morgan fingerprint density at radius 1 is 1.44 bits per heavy atom. The average Bonchev–Trinajstić information content (AvgIpc) is 2.65. The minimum atomic E-state index is -0.0817. The summed E-state index contributed by atoms with van der Waals surface area (Å²) in [5.41, 5.74) is 1.05. The second-order valence-corrected chi connectivity index (χ2v) is 4.61. The van der Waals surface area contributed by atoms with Crippen LogP contribution in [-0.2, 0) is 6.42 Å². The Hall–Kier alpha value is -1.10. The van der Waals surface area contributed by atoms with Crippen LogP contribution in [0, 0.1) is 6.92 Å². The number of urea groups is 1. The van der Waals surface area contributed by atoms with E-state index >= 15 is 0 Å². The first-order chi connectivity index (χ1) is 7.72. The SMILES string of the molecule is CCCCNC(=O)NCCc1nc(C)cs1. The van der Waals surface area contributed by atoms with Crippen LogP contribution in [0.4, 0.5) is 4.79 Å². The molecule has 0 saturated heterocycles. The average molecular weight is 241 g/mol. The Bertz CT molecular complexity index is 325. The molecule has 0 spiro atoms. The van der Waals surface area contributed by atoms with Gasteiger partial charge in [0, 0.05) is 30.6 Å². The number of hydrogen-bond donors (Lipinski definition) is 2. The molecule has 2 amide bonds. The molecule has 16 heavy (non-hydrogen) atoms. The van der Waals surface area contributed by atoms with Crippen molar-refractivity contribution in [2.75, 3.05) is 13.1 Å². The molecule has 0 bridgehead atoms. The predicted molar refractivity (Wildman–Crippen MR) is 66.9 cm³/mol. The highest BCUT2D eigenvalue weighted by Gasteiger charge is 2.01. The number of hydrogen-bond acceptors (Lipinski definition) is 3. The first-order valence-electron chi connectivity index (χ1n) is 5.65. The van der Waals surface area contributed by atoms with Gasteiger partial charge in [0.2, 0.25) is 0 Å². The highest BCUT2D eigenvalue weighted by Crippen LogP contribution is 2.08. The van der Waals surface area contributed by atoms with E-state index in [9.17, 15) is 4.79 Å². The van der Waals surface area contributed by atoms with Crippen LogP contribution < -0.4 is 10.6 Å². The van der Waals surface area contributed by atoms with Crippen LogP contribution in [0.3, 0.4) is 0 Å². The zero-order valence-electron chi connectivity index (χ0n) is 9.88. The van der Waals surface area contributed by atoms with E-state index in [4.69, 9.17) is 0 Å². The quantitative estimate of drug-likeness (QED) is 0.749. The molecule has 0 radical (unpaired) electrons. The van der Waals surface area contributed by atoms with Gasteiger partial charge in [-0.25, -0.2) is 9.78 Å². The van der Waals surface area contributed by atoms with E-state index in [1.807, 2.05) is 12.3 Å². The zero-order chi connectivity index (χ0) is 11.8. The Kier molecular flexibility index (Phi) is 5.85. The van der Waals surface area contributed by atoms with Gasteiger partial charge in [-0.3, -0.25) is 0 Å². The number of amides is 2. The van der Waals surface area contributed by atoms with Gasteiger partial charge in [-0.2, -0.15) is 0 Å². The summed E-state index contributed by atoms with van der Waals surface area (Å²) in [6, 6.07) is -0.0817. The molecule has 90 valence electrons. The largest absolute Gasteiger partial charge is 0.338 e. The molecule has 1 heterocycles. The first kappa shape index (κ1) is 13.0. The van der Waals surface area contributed by atoms with Crippen molar-refractivity contribution in [1.82, 2.24) is 15.6 Å². The van der Waals surface area contributed by atoms with E-state index < -0.39 is 0 Å². The number of thiazole rings is 1. The van der Waals surface area contributed by atoms with Crippen molar-refractivity contribution in [3.63, 3.8) is 0 Å². The van der Waals surface area contributed by atoms with Crippen LogP contribution in [0.1, 0.15) is 30.5 Å². The second-order valence-electron chi connectivity index (χ2n) is 3.67. The number of carbonyl (C=O) groups excluding carboxylic acids is 1. The van der Waals surface area contributed by atoms with Crippen LogP contribution in [0.15, 0.2) is 5.38 Å². The molecule has 0 atom stereocenters. The molecule has 0 aliphatic carbocycles. The highest BCUT2D eigenvalue weighted by molar-refractivity contribution is 7.09. The number of unbranched alkanes of at least 4 members (excludes halogenated alkanes) is 1. The second kappa shape index (κ2) is 7.22. The Morgan fingerprint density at radius 2 is 2.19 bits per heavy atom. The maximum atomic E-state index is 11.3. The van der Waals surface area contributed by atoms with Crippen LogP contribution in [-0.4, -0.2) is 24.1 Å². The molecular formula is C11H19N3OS. The van der Waals surface area contributed by atoms with Crippen molar-refractivity contribution in [3.05, 3.63) is 16.1 Å². The molecule has 5 heteroatoms. The third-order valence-corrected chi connectivity index (χ3v) is 3.13. The fraction of sp³-hybridized carbons (Fsp3) is 0.636. The third kappa shape index (κ3) is 5.11. The lowest BCUT2D eigenvalue weighted by molar-refractivity contribution is 0.241. The van der Waals surface area contributed by atoms with E-state index in [-0.39, 0.29) is 6.03 Å². The van der Waals surface area contributed by atoms with Gasteiger partial charge in [-0.1, -0.05) is 13.3 Å². The molecule has 0 aliphatic rings. The minimum absolute atomic E-state index is 0.0817. The van der Waals surface area contributed by atoms with Crippen molar-refractivity contribution < 1.29 is 4.79 Å². The fourth-order valence-corrected chi connectivity index (χ4v) is 2.02. The minimum Gasteiger partial charge on any atom is -0.338 e. The summed E-state index contributed by atoms with van der Waals surface area (Å²) in [4.78, 5) is 15.6. The fourth-order valence-electron chi connectivity index (χ4n) is 1.24. The topological polar surface area (TPSA) is 54.0 Å². The number of nitrogens with zero attached hydrogens (tertiary/aromatic N) is 1. The van der Waals surface area contributed by atoms with Gasteiger partial charge in [0.15, 0.2) is 0 Å². The summed E-state index contributed by atoms with van der Waals surface area (Å²) in [7, 11) is 0. The number of rotatable bonds is 6. The van der Waals surface area contributed by atoms with Crippen LogP contribution in [0.2, 0.25) is 0 Å². The van der Waals surface area contributed by atoms with Crippen molar-refractivity contribution in [2.24, 2.45) is 0 Å². The normalized spacial score (nSPS) is 10.1. The lowest BCUT2D eigenvalue weighted by atomic mass is 10.3. The van der Waals surface area contributed by atoms with Gasteiger partial charge < -0.3 is 10.6 Å². The number of aromatic nitrogens is 1. The Balaban J connectivity index is 2.08. The summed E-state index contributed by atoms with van der Waals surface area (Å²) in [6.45, 7) is 5.47. The van der Waals surface area contributed by atoms with Crippen LogP contribution in [0.25, 0.3) is 0 Å². The van der Waals surface area contributed by atoms with E-state index in [0.29, 0.717) is 6.54 Å². The Morgan fingerprint density at radius 3 is 2.81 bits per heavy atom. The van der Waals surface area contributed by atoms with Crippen LogP contribution >= 0.6 is 11.3 Å². The zero-order valence-corrected chi connectivity index (χ0v) is 10.7. The molecule has 1 aromatic rings. The van der Waals surface area contributed by atoms with Gasteiger partial charge in [0.05, 0.1) is 5.01 Å². The molecule has 0 aliphatic heterocycles. The van der Waals surface area contributed by atoms with E-state index in [1.54, 1.807) is 11.3 Å². The van der Waals surface area contributed by atoms with Gasteiger partial charge in [0.1, 0.15) is 0 Å². The number of aryl methyl sites for hydroxylation is 1. The standard InChI is InChI=1S/C11H19N3OS/c1-3-4-6-12-11(15)13-7-5-10-14-9(2)8-16-10/h8H,3-7H2,1-2H3,(H2,12,13,15). The van der Waals surface area contributed by atoms with Crippen molar-refractivity contribution >= 4 is 17.4 Å². The summed E-state index contributed by atoms with van der Waals surface area (Å²) >= 11 is 1.64. The van der Waals surface area contributed by atoms with Gasteiger partial charge >= 0.3 is 6.03 Å². The first-order valence-corrected chi connectivity index (χ1v) is 6.53. The molecule has 2 N–H and O–H groups in total. The van der Waals surface area contributed by atoms with Crippen molar-refractivity contribution in [3.8, 4) is 0 Å². The van der Waals surface area contributed by atoms with Crippen LogP contribution in [0.5, 0.6) is 0 Å². The summed E-state index contributed by atoms with van der Waals surface area (Å²) < 4.78 is 0. The summed E-state index contributed by atoms with van der Waals surface area (Å²) in [5, 5.41) is 8.72. The van der Waals surface area contributed by atoms with Gasteiger partial charge in [-0.15, -0.1) is 11.3 Å². The predicted octanol–water partition coefficient (Wildman–Crippen LogP) is 2.09. The highest BCUT2D eigenvalue weighted by atomic mass is 32.1. The number of carbonyl (C=O) groups is 1. The van der Waals surface area contributed by atoms with Crippen molar-refractivity contribution in [2.45, 2.75) is 33.1 Å². The molecule has 0 fully saturated rings. The van der Waals surface area contributed by atoms with Crippen molar-refractivity contribution in [1.29, 1.82) is 0 Å². The summed E-state index contributed by atoms with van der Waals surface area (Å²) in [5.74, 6) is 0. The molecule has 0 saturated carbocycles. The van der Waals surface area contributed by atoms with Gasteiger partial charge in [0.25, 0.3) is 0 Å². The van der Waals surface area contributed by atoms with E-state index in [2.05, 4.69) is 22.5 Å². The smallest absolute Gasteiger partial charge is 0.314 e. The molecular weight excluding hydrogens is 222 g/mol. The lowest BCUT2D eigenvalue weighted by Crippen LogP contribution is -2.37. The van der Waals surface area contributed by atoms with Gasteiger partial charge in [-0.05, 0) is 13.3 Å². The molecule has 0 unspecified atom stereocenters. The third-order valence-electron chi connectivity index (χ3n) is 2.11. The number of nitrogens with one attached hydrogen (secondary N) is 2. The summed E-state index contributed by atoms with van der Waals surface area (Å²) in [6.07, 6.45) is 2.93. The van der Waals surface area contributed by atoms with E-state index in [1.165, 1.54) is 0 Å². The Labute approximate surface area is 100 Å². The molecule has 4 nitrogen and oxygen atoms in total. The maximum Gasteiger partial charge on any atom is 0.314 e. The molecule has 1 aromatic heterocycles. The molecule has 0 aromatic carbocycles. The van der Waals surface area contributed by atoms with E-state index in [0.717, 1.165) is 36.5 Å². The maximum absolute atomic E-state index is 11.3.